The molecule has 0 fully saturated rings. The van der Waals surface area contributed by atoms with Crippen molar-refractivity contribution >= 4 is 44.4 Å². The van der Waals surface area contributed by atoms with Gasteiger partial charge in [0.15, 0.2) is 0 Å². The zero-order valence-electron chi connectivity index (χ0n) is 9.54. The van der Waals surface area contributed by atoms with Gasteiger partial charge < -0.3 is 9.72 Å². The summed E-state index contributed by atoms with van der Waals surface area (Å²) in [5.74, 6) is 0.898. The van der Waals surface area contributed by atoms with Gasteiger partial charge in [0.2, 0.25) is 0 Å². The molecule has 3 rings (SSSR count). The van der Waals surface area contributed by atoms with Crippen LogP contribution in [0.1, 0.15) is 5.69 Å². The summed E-state index contributed by atoms with van der Waals surface area (Å²) in [5, 5.41) is 2.43. The van der Waals surface area contributed by atoms with Gasteiger partial charge in [0.1, 0.15) is 5.75 Å². The first-order chi connectivity index (χ1) is 8.22. The second-order valence-corrected chi connectivity index (χ2v) is 5.03. The third-order valence-corrected chi connectivity index (χ3v) is 4.08. The van der Waals surface area contributed by atoms with Crippen molar-refractivity contribution in [2.45, 2.75) is 6.92 Å². The van der Waals surface area contributed by atoms with Gasteiger partial charge >= 0.3 is 0 Å². The molecule has 3 aromatic rings. The fraction of sp³-hybridized carbons (Fsp3) is 0.154. The van der Waals surface area contributed by atoms with Crippen molar-refractivity contribution in [1.29, 1.82) is 0 Å². The molecule has 1 aromatic carbocycles. The van der Waals surface area contributed by atoms with E-state index in [4.69, 9.17) is 4.74 Å². The van der Waals surface area contributed by atoms with Gasteiger partial charge in [-0.2, -0.15) is 0 Å². The molecule has 0 unspecified atom stereocenters. The Balaban J connectivity index is 2.51. The van der Waals surface area contributed by atoms with Crippen molar-refractivity contribution in [2.75, 3.05) is 7.11 Å². The maximum absolute atomic E-state index is 5.34. The number of nitrogens with zero attached hydrogens (tertiary/aromatic N) is 1. The number of benzene rings is 1. The monoisotopic (exact) mass is 342 g/mol. The Morgan fingerprint density at radius 1 is 1.18 bits per heavy atom. The molecule has 0 aliphatic carbocycles. The number of rotatable bonds is 1. The molecule has 0 radical (unpaired) electrons. The number of pyridine rings is 1. The summed E-state index contributed by atoms with van der Waals surface area (Å²) in [6.45, 7) is 2.02. The van der Waals surface area contributed by atoms with Crippen LogP contribution in [0.25, 0.3) is 21.8 Å². The van der Waals surface area contributed by atoms with Crippen LogP contribution < -0.4 is 4.74 Å². The number of hydrogen-bond donors (Lipinski definition) is 1. The van der Waals surface area contributed by atoms with Crippen LogP contribution in [0.5, 0.6) is 5.75 Å². The summed E-state index contributed by atoms with van der Waals surface area (Å²) >= 11 is 2.31. The summed E-state index contributed by atoms with van der Waals surface area (Å²) in [6.07, 6.45) is 1.85. The SMILES string of the molecule is COc1ccc2c([nH]c3c(C)nccc32)c1[131I]. The summed E-state index contributed by atoms with van der Waals surface area (Å²) in [4.78, 5) is 7.75. The lowest BCUT2D eigenvalue weighted by atomic mass is 10.1. The topological polar surface area (TPSA) is 37.9 Å². The lowest BCUT2D eigenvalue weighted by Crippen LogP contribution is -1.87. The van der Waals surface area contributed by atoms with Gasteiger partial charge in [-0.25, -0.2) is 0 Å². The third-order valence-electron chi connectivity index (χ3n) is 3.01. The van der Waals surface area contributed by atoms with E-state index in [1.54, 1.807) is 7.11 Å². The van der Waals surface area contributed by atoms with Crippen LogP contribution >= 0.6 is 22.6 Å². The number of hydrogen-bond acceptors (Lipinski definition) is 2. The molecule has 2 heterocycles. The van der Waals surface area contributed by atoms with Gasteiger partial charge in [-0.05, 0) is 47.7 Å². The molecule has 0 aliphatic heterocycles. The minimum absolute atomic E-state index is 0.898. The minimum atomic E-state index is 0.898. The molecule has 17 heavy (non-hydrogen) atoms. The largest absolute Gasteiger partial charge is 0.496 e. The number of methoxy groups -OCH3 is 1. The minimum Gasteiger partial charge on any atom is -0.496 e. The highest BCUT2D eigenvalue weighted by Crippen LogP contribution is 2.33. The Kier molecular flexibility index (Phi) is 2.47. The van der Waals surface area contributed by atoms with E-state index in [9.17, 15) is 0 Å². The van der Waals surface area contributed by atoms with Crippen molar-refractivity contribution < 1.29 is 4.74 Å². The van der Waals surface area contributed by atoms with Gasteiger partial charge in [0.05, 0.1) is 27.4 Å². The first-order valence-corrected chi connectivity index (χ1v) is 6.39. The summed E-state index contributed by atoms with van der Waals surface area (Å²) in [6, 6.07) is 6.14. The van der Waals surface area contributed by atoms with Crippen molar-refractivity contribution in [2.24, 2.45) is 0 Å². The van der Waals surface area contributed by atoms with Crippen LogP contribution in [-0.4, -0.2) is 17.1 Å². The molecular formula is C13H11IN2O. The maximum atomic E-state index is 5.34. The number of nitrogens with one attached hydrogen (secondary N) is 1. The highest BCUT2D eigenvalue weighted by Gasteiger charge is 2.11. The highest BCUT2D eigenvalue weighted by atomic mass is 131. The number of halogens is 1. The molecule has 86 valence electrons. The van der Waals surface area contributed by atoms with Crippen molar-refractivity contribution in [3.8, 4) is 5.75 Å². The standard InChI is InChI=1S/C13H11IN2O/c1-7-12-9(5-6-15-7)8-3-4-10(17-2)11(14)13(8)16-12/h3-6,16H,1-2H3/i14+4. The van der Waals surface area contributed by atoms with E-state index in [-0.39, 0.29) is 0 Å². The fourth-order valence-corrected chi connectivity index (χ4v) is 2.96. The van der Waals surface area contributed by atoms with Gasteiger partial charge in [-0.1, -0.05) is 0 Å². The predicted octanol–water partition coefficient (Wildman–Crippen LogP) is 3.64. The molecule has 0 spiro atoms. The average Bonchev–Trinajstić information content (AvgIpc) is 2.71. The predicted molar refractivity (Wildman–Crippen MR) is 77.6 cm³/mol. The zero-order chi connectivity index (χ0) is 12.0. The molecule has 1 N–H and O–H groups in total. The molecule has 0 amide bonds. The van der Waals surface area contributed by atoms with E-state index in [2.05, 4.69) is 38.6 Å². The van der Waals surface area contributed by atoms with Crippen LogP contribution in [0.4, 0.5) is 0 Å². The molecule has 3 nitrogen and oxygen atoms in total. The highest BCUT2D eigenvalue weighted by molar-refractivity contribution is 14.1. The summed E-state index contributed by atoms with van der Waals surface area (Å²) in [7, 11) is 1.69. The van der Waals surface area contributed by atoms with Crippen LogP contribution in [0.2, 0.25) is 0 Å². The first-order valence-electron chi connectivity index (χ1n) is 5.32. The molecule has 0 saturated heterocycles. The fourth-order valence-electron chi connectivity index (χ4n) is 2.13. The Morgan fingerprint density at radius 3 is 2.71 bits per heavy atom. The number of H-pyrrole nitrogens is 1. The third kappa shape index (κ3) is 1.50. The van der Waals surface area contributed by atoms with Crippen molar-refractivity contribution in [3.63, 3.8) is 0 Å². The number of ether oxygens (including phenoxy) is 1. The van der Waals surface area contributed by atoms with E-state index in [0.29, 0.717) is 0 Å². The first kappa shape index (κ1) is 10.8. The van der Waals surface area contributed by atoms with E-state index in [0.717, 1.165) is 26.0 Å². The molecule has 0 saturated carbocycles. The van der Waals surface area contributed by atoms with E-state index < -0.39 is 0 Å². The molecule has 4 heteroatoms. The second-order valence-electron chi connectivity index (χ2n) is 3.95. The second kappa shape index (κ2) is 3.87. The maximum Gasteiger partial charge on any atom is 0.134 e. The molecule has 0 atom stereocenters. The summed E-state index contributed by atoms with van der Waals surface area (Å²) < 4.78 is 6.45. The number of fused-ring (bicyclic) bond motifs is 3. The zero-order valence-corrected chi connectivity index (χ0v) is 11.7. The lowest BCUT2D eigenvalue weighted by Gasteiger charge is -2.03. The lowest BCUT2D eigenvalue weighted by molar-refractivity contribution is 0.412. The van der Waals surface area contributed by atoms with Crippen LogP contribution in [0.15, 0.2) is 24.4 Å². The van der Waals surface area contributed by atoms with Crippen molar-refractivity contribution in [3.05, 3.63) is 33.7 Å². The Morgan fingerprint density at radius 2 is 1.94 bits per heavy atom. The number of aryl methyl sites for hydroxylation is 1. The van der Waals surface area contributed by atoms with Gasteiger partial charge in [0.25, 0.3) is 0 Å². The molecule has 0 bridgehead atoms. The van der Waals surface area contributed by atoms with Gasteiger partial charge in [-0.3, -0.25) is 4.98 Å². The van der Waals surface area contributed by atoms with E-state index >= 15 is 0 Å². The molecule has 0 aliphatic rings. The molecule has 2 aromatic heterocycles. The van der Waals surface area contributed by atoms with Crippen molar-refractivity contribution in [1.82, 2.24) is 9.97 Å². The smallest absolute Gasteiger partial charge is 0.134 e. The normalized spacial score (nSPS) is 11.2. The van der Waals surface area contributed by atoms with E-state index in [1.165, 1.54) is 10.8 Å². The quantitative estimate of drug-likeness (QED) is 0.686. The van der Waals surface area contributed by atoms with Crippen LogP contribution in [-0.2, 0) is 0 Å². The summed E-state index contributed by atoms with van der Waals surface area (Å²) in [5.41, 5.74) is 3.25. The van der Waals surface area contributed by atoms with Crippen LogP contribution in [0.3, 0.4) is 0 Å². The average molecular weight is 342 g/mol. The van der Waals surface area contributed by atoms with Gasteiger partial charge in [0, 0.05) is 17.0 Å². The number of aromatic nitrogens is 2. The molecular weight excluding hydrogens is 331 g/mol. The Hall–Kier alpha value is -1.30. The Labute approximate surface area is 112 Å². The Bertz CT molecular complexity index is 718. The van der Waals surface area contributed by atoms with Gasteiger partial charge in [-0.15, -0.1) is 0 Å². The van der Waals surface area contributed by atoms with Crippen LogP contribution in [0, 0.1) is 10.5 Å². The van der Waals surface area contributed by atoms with E-state index in [1.807, 2.05) is 25.3 Å². The number of aromatic amines is 1.